The van der Waals surface area contributed by atoms with Gasteiger partial charge in [0.2, 0.25) is 5.95 Å². The minimum atomic E-state index is 0.506. The van der Waals surface area contributed by atoms with Gasteiger partial charge in [0, 0.05) is 25.0 Å². The smallest absolute Gasteiger partial charge is 0.223 e. The fourth-order valence-corrected chi connectivity index (χ4v) is 1.09. The van der Waals surface area contributed by atoms with Gasteiger partial charge < -0.3 is 10.6 Å². The zero-order chi connectivity index (χ0) is 8.39. The number of rotatable bonds is 2. The normalized spacial score (nSPS) is 17.1. The third-order valence-corrected chi connectivity index (χ3v) is 1.91. The van der Waals surface area contributed by atoms with Crippen LogP contribution >= 0.6 is 0 Å². The molecule has 0 saturated carbocycles. The molecule has 1 saturated heterocycles. The predicted molar refractivity (Wildman–Crippen MR) is 47.0 cm³/mol. The molecule has 1 fully saturated rings. The third kappa shape index (κ3) is 1.53. The molecule has 2 rings (SSSR count). The van der Waals surface area contributed by atoms with Crippen molar-refractivity contribution in [3.8, 4) is 0 Å². The van der Waals surface area contributed by atoms with Crippen molar-refractivity contribution >= 4 is 5.95 Å². The van der Waals surface area contributed by atoms with Crippen LogP contribution in [0.2, 0.25) is 0 Å². The summed E-state index contributed by atoms with van der Waals surface area (Å²) >= 11 is 0. The predicted octanol–water partition coefficient (Wildman–Crippen LogP) is 0.169. The average molecular weight is 164 g/mol. The fourth-order valence-electron chi connectivity index (χ4n) is 1.09. The zero-order valence-corrected chi connectivity index (χ0v) is 7.04. The summed E-state index contributed by atoms with van der Waals surface area (Å²) < 4.78 is 0. The van der Waals surface area contributed by atoms with Crippen LogP contribution < -0.4 is 10.6 Å². The SMILES string of the molecule is Cc1ccnc(NC2CNC2)n1. The highest BCUT2D eigenvalue weighted by Gasteiger charge is 2.16. The topological polar surface area (TPSA) is 49.8 Å². The van der Waals surface area contributed by atoms with Crippen molar-refractivity contribution in [1.29, 1.82) is 0 Å². The average Bonchev–Trinajstić information content (AvgIpc) is 1.97. The van der Waals surface area contributed by atoms with E-state index in [0.717, 1.165) is 24.7 Å². The zero-order valence-electron chi connectivity index (χ0n) is 7.04. The number of nitrogens with one attached hydrogen (secondary N) is 2. The molecule has 0 spiro atoms. The largest absolute Gasteiger partial charge is 0.349 e. The first-order valence-electron chi connectivity index (χ1n) is 4.11. The van der Waals surface area contributed by atoms with Crippen molar-refractivity contribution in [2.24, 2.45) is 0 Å². The highest BCUT2D eigenvalue weighted by Crippen LogP contribution is 2.03. The lowest BCUT2D eigenvalue weighted by Gasteiger charge is -2.27. The number of hydrogen-bond acceptors (Lipinski definition) is 4. The lowest BCUT2D eigenvalue weighted by atomic mass is 10.2. The van der Waals surface area contributed by atoms with Crippen molar-refractivity contribution in [1.82, 2.24) is 15.3 Å². The Hall–Kier alpha value is -1.16. The van der Waals surface area contributed by atoms with Gasteiger partial charge in [0.25, 0.3) is 0 Å². The summed E-state index contributed by atoms with van der Waals surface area (Å²) in [5.41, 5.74) is 1.000. The molecule has 0 bridgehead atoms. The lowest BCUT2D eigenvalue weighted by molar-refractivity contribution is 0.469. The molecule has 1 aromatic heterocycles. The first-order valence-corrected chi connectivity index (χ1v) is 4.11. The van der Waals surface area contributed by atoms with Gasteiger partial charge in [-0.1, -0.05) is 0 Å². The van der Waals surface area contributed by atoms with E-state index in [2.05, 4.69) is 20.6 Å². The summed E-state index contributed by atoms with van der Waals surface area (Å²) in [6, 6.07) is 2.40. The summed E-state index contributed by atoms with van der Waals surface area (Å²) in [6.07, 6.45) is 1.77. The van der Waals surface area contributed by atoms with Crippen molar-refractivity contribution in [3.05, 3.63) is 18.0 Å². The molecule has 2 N–H and O–H groups in total. The highest BCUT2D eigenvalue weighted by atomic mass is 15.2. The maximum absolute atomic E-state index is 4.24. The van der Waals surface area contributed by atoms with Crippen LogP contribution in [0.3, 0.4) is 0 Å². The molecule has 1 aliphatic rings. The molecule has 12 heavy (non-hydrogen) atoms. The minimum absolute atomic E-state index is 0.506. The summed E-state index contributed by atoms with van der Waals surface area (Å²) in [5, 5.41) is 6.41. The molecule has 4 nitrogen and oxygen atoms in total. The van der Waals surface area contributed by atoms with Crippen molar-refractivity contribution in [2.75, 3.05) is 18.4 Å². The van der Waals surface area contributed by atoms with Gasteiger partial charge in [0.15, 0.2) is 0 Å². The van der Waals surface area contributed by atoms with Crippen LogP contribution in [0.5, 0.6) is 0 Å². The second-order valence-electron chi connectivity index (χ2n) is 3.02. The Morgan fingerprint density at radius 1 is 1.58 bits per heavy atom. The fraction of sp³-hybridized carbons (Fsp3) is 0.500. The molecule has 1 aromatic rings. The van der Waals surface area contributed by atoms with E-state index >= 15 is 0 Å². The Balaban J connectivity index is 2.02. The molecule has 4 heteroatoms. The van der Waals surface area contributed by atoms with Crippen LogP contribution in [-0.4, -0.2) is 29.1 Å². The van der Waals surface area contributed by atoms with Crippen LogP contribution in [0, 0.1) is 6.92 Å². The molecule has 1 aliphatic heterocycles. The van der Waals surface area contributed by atoms with Crippen LogP contribution in [0.1, 0.15) is 5.69 Å². The highest BCUT2D eigenvalue weighted by molar-refractivity contribution is 5.27. The van der Waals surface area contributed by atoms with E-state index in [1.54, 1.807) is 6.20 Å². The van der Waals surface area contributed by atoms with E-state index in [1.165, 1.54) is 0 Å². The van der Waals surface area contributed by atoms with Gasteiger partial charge in [0.05, 0.1) is 6.04 Å². The second kappa shape index (κ2) is 3.06. The summed E-state index contributed by atoms with van der Waals surface area (Å²) in [6.45, 7) is 3.99. The van der Waals surface area contributed by atoms with Gasteiger partial charge in [-0.15, -0.1) is 0 Å². The Morgan fingerprint density at radius 3 is 3.00 bits per heavy atom. The van der Waals surface area contributed by atoms with Crippen LogP contribution in [0.25, 0.3) is 0 Å². The Bertz CT molecular complexity index is 270. The molecule has 0 atom stereocenters. The third-order valence-electron chi connectivity index (χ3n) is 1.91. The Morgan fingerprint density at radius 2 is 2.42 bits per heavy atom. The van der Waals surface area contributed by atoms with Gasteiger partial charge in [-0.05, 0) is 13.0 Å². The maximum Gasteiger partial charge on any atom is 0.223 e. The first-order chi connectivity index (χ1) is 5.84. The molecule has 2 heterocycles. The minimum Gasteiger partial charge on any atom is -0.349 e. The number of hydrogen-bond donors (Lipinski definition) is 2. The molecular formula is C8H12N4. The van der Waals surface area contributed by atoms with E-state index < -0.39 is 0 Å². The van der Waals surface area contributed by atoms with Gasteiger partial charge in [-0.25, -0.2) is 9.97 Å². The van der Waals surface area contributed by atoms with Crippen LogP contribution in [0.15, 0.2) is 12.3 Å². The molecule has 64 valence electrons. The van der Waals surface area contributed by atoms with Crippen molar-refractivity contribution in [3.63, 3.8) is 0 Å². The Labute approximate surface area is 71.4 Å². The molecule has 0 unspecified atom stereocenters. The van der Waals surface area contributed by atoms with Gasteiger partial charge >= 0.3 is 0 Å². The van der Waals surface area contributed by atoms with E-state index in [4.69, 9.17) is 0 Å². The van der Waals surface area contributed by atoms with Crippen LogP contribution in [-0.2, 0) is 0 Å². The number of aromatic nitrogens is 2. The van der Waals surface area contributed by atoms with Gasteiger partial charge in [0.1, 0.15) is 0 Å². The molecule has 0 amide bonds. The maximum atomic E-state index is 4.24. The number of anilines is 1. The lowest BCUT2D eigenvalue weighted by Crippen LogP contribution is -2.51. The van der Waals surface area contributed by atoms with E-state index in [-0.39, 0.29) is 0 Å². The Kier molecular flexibility index (Phi) is 1.91. The van der Waals surface area contributed by atoms with E-state index in [0.29, 0.717) is 6.04 Å². The second-order valence-corrected chi connectivity index (χ2v) is 3.02. The van der Waals surface area contributed by atoms with Crippen molar-refractivity contribution < 1.29 is 0 Å². The monoisotopic (exact) mass is 164 g/mol. The summed E-state index contributed by atoms with van der Waals surface area (Å²) in [5.74, 6) is 0.738. The quantitative estimate of drug-likeness (QED) is 0.654. The van der Waals surface area contributed by atoms with Gasteiger partial charge in [-0.2, -0.15) is 0 Å². The number of nitrogens with zero attached hydrogens (tertiary/aromatic N) is 2. The molecule has 0 radical (unpaired) electrons. The number of aryl methyl sites for hydroxylation is 1. The summed E-state index contributed by atoms with van der Waals surface area (Å²) in [4.78, 5) is 8.36. The summed E-state index contributed by atoms with van der Waals surface area (Å²) in [7, 11) is 0. The van der Waals surface area contributed by atoms with Crippen molar-refractivity contribution in [2.45, 2.75) is 13.0 Å². The molecular weight excluding hydrogens is 152 g/mol. The standard InChI is InChI=1S/C8H12N4/c1-6-2-3-10-8(11-6)12-7-4-9-5-7/h2-3,7,9H,4-5H2,1H3,(H,10,11,12). The van der Waals surface area contributed by atoms with E-state index in [1.807, 2.05) is 13.0 Å². The molecule has 0 aliphatic carbocycles. The van der Waals surface area contributed by atoms with E-state index in [9.17, 15) is 0 Å². The molecule has 0 aromatic carbocycles. The van der Waals surface area contributed by atoms with Crippen LogP contribution in [0.4, 0.5) is 5.95 Å². The first kappa shape index (κ1) is 7.49. The van der Waals surface area contributed by atoms with Gasteiger partial charge in [-0.3, -0.25) is 0 Å².